The predicted octanol–water partition coefficient (Wildman–Crippen LogP) is 4.67. The van der Waals surface area contributed by atoms with E-state index >= 15 is 0 Å². The van der Waals surface area contributed by atoms with E-state index in [2.05, 4.69) is 20.3 Å². The van der Waals surface area contributed by atoms with Crippen molar-refractivity contribution in [2.75, 3.05) is 11.9 Å². The second-order valence-electron chi connectivity index (χ2n) is 8.66. The Labute approximate surface area is 200 Å². The number of aliphatic hydroxyl groups is 1. The number of rotatable bonds is 6. The first-order valence-corrected chi connectivity index (χ1v) is 11.3. The van der Waals surface area contributed by atoms with Crippen LogP contribution in [0.2, 0.25) is 0 Å². The van der Waals surface area contributed by atoms with E-state index in [0.717, 1.165) is 23.9 Å². The van der Waals surface area contributed by atoms with Gasteiger partial charge in [-0.1, -0.05) is 0 Å². The van der Waals surface area contributed by atoms with Crippen molar-refractivity contribution in [3.63, 3.8) is 0 Å². The Balaban J connectivity index is 1.51. The molecule has 0 saturated heterocycles. The van der Waals surface area contributed by atoms with Gasteiger partial charge in [-0.05, 0) is 69.4 Å². The third-order valence-electron chi connectivity index (χ3n) is 6.06. The molecule has 0 aromatic carbocycles. The molecule has 1 aliphatic rings. The number of carbonyl (C=O) groups excluding carboxylic acids is 1. The quantitative estimate of drug-likeness (QED) is 0.485. The third kappa shape index (κ3) is 5.61. The van der Waals surface area contributed by atoms with Crippen molar-refractivity contribution < 1.29 is 27.8 Å². The number of aryl methyl sites for hydroxylation is 1. The molecule has 3 heterocycles. The molecule has 4 rings (SSSR count). The van der Waals surface area contributed by atoms with Crippen LogP contribution in [0, 0.1) is 12.8 Å². The number of carbonyl (C=O) groups is 1. The van der Waals surface area contributed by atoms with E-state index in [1.54, 1.807) is 29.8 Å². The van der Waals surface area contributed by atoms with Crippen LogP contribution in [0.4, 0.5) is 24.8 Å². The fraction of sp³-hybridized carbons (Fsp3) is 0.417. The number of halogens is 3. The van der Waals surface area contributed by atoms with Crippen molar-refractivity contribution in [2.45, 2.75) is 51.3 Å². The monoisotopic (exact) mass is 489 g/mol. The van der Waals surface area contributed by atoms with Gasteiger partial charge in [-0.25, -0.2) is 15.0 Å². The van der Waals surface area contributed by atoms with Crippen LogP contribution in [0.1, 0.15) is 49.4 Å². The fourth-order valence-corrected chi connectivity index (χ4v) is 4.19. The Kier molecular flexibility index (Phi) is 6.79. The lowest BCUT2D eigenvalue weighted by Gasteiger charge is -2.33. The predicted molar refractivity (Wildman–Crippen MR) is 121 cm³/mol. The topological polar surface area (TPSA) is 102 Å². The van der Waals surface area contributed by atoms with Crippen LogP contribution >= 0.6 is 0 Å². The first kappa shape index (κ1) is 24.6. The van der Waals surface area contributed by atoms with Crippen LogP contribution in [0.15, 0.2) is 43.0 Å². The number of aromatic nitrogens is 4. The molecular weight excluding hydrogens is 463 g/mol. The normalized spacial score (nSPS) is 20.5. The minimum absolute atomic E-state index is 0.0165. The molecule has 3 aromatic rings. The van der Waals surface area contributed by atoms with Gasteiger partial charge in [0.15, 0.2) is 0 Å². The molecule has 1 aliphatic carbocycles. The average Bonchev–Trinajstić information content (AvgIpc) is 3.30. The number of hydrogen-bond acceptors (Lipinski definition) is 7. The maximum absolute atomic E-state index is 13.0. The van der Waals surface area contributed by atoms with Crippen molar-refractivity contribution in [2.24, 2.45) is 5.92 Å². The van der Waals surface area contributed by atoms with Gasteiger partial charge in [0.05, 0.1) is 23.8 Å². The smallest absolute Gasteiger partial charge is 0.416 e. The first-order chi connectivity index (χ1) is 16.6. The summed E-state index contributed by atoms with van der Waals surface area (Å²) in [6, 6.07) is 5.30. The first-order valence-electron chi connectivity index (χ1n) is 11.3. The molecule has 35 heavy (non-hydrogen) atoms. The molecule has 0 unspecified atom stereocenters. The summed E-state index contributed by atoms with van der Waals surface area (Å²) in [6.07, 6.45) is 1.57. The Bertz CT molecular complexity index is 1200. The van der Waals surface area contributed by atoms with Crippen molar-refractivity contribution in [1.29, 1.82) is 0 Å². The molecule has 0 amide bonds. The van der Waals surface area contributed by atoms with Crippen molar-refractivity contribution in [3.05, 3.63) is 59.8 Å². The van der Waals surface area contributed by atoms with Crippen molar-refractivity contribution in [1.82, 2.24) is 19.5 Å². The van der Waals surface area contributed by atoms with E-state index in [9.17, 15) is 23.1 Å². The Hall–Kier alpha value is -3.47. The van der Waals surface area contributed by atoms with E-state index < -0.39 is 17.3 Å². The average molecular weight is 489 g/mol. The summed E-state index contributed by atoms with van der Waals surface area (Å²) in [5, 5.41) is 14.0. The summed E-state index contributed by atoms with van der Waals surface area (Å²) in [5.41, 5.74) is -0.695. The zero-order valence-corrected chi connectivity index (χ0v) is 19.3. The van der Waals surface area contributed by atoms with E-state index in [-0.39, 0.29) is 17.7 Å². The van der Waals surface area contributed by atoms with Crippen LogP contribution in [0.5, 0.6) is 0 Å². The molecular formula is C24H26F3N5O3. The van der Waals surface area contributed by atoms with Gasteiger partial charge in [0.1, 0.15) is 29.4 Å². The maximum Gasteiger partial charge on any atom is 0.416 e. The lowest BCUT2D eigenvalue weighted by molar-refractivity contribution is -0.151. The molecule has 1 fully saturated rings. The van der Waals surface area contributed by atoms with Gasteiger partial charge < -0.3 is 15.2 Å². The van der Waals surface area contributed by atoms with Crippen molar-refractivity contribution in [3.8, 4) is 5.82 Å². The fourth-order valence-electron chi connectivity index (χ4n) is 4.19. The van der Waals surface area contributed by atoms with Gasteiger partial charge in [-0.2, -0.15) is 13.2 Å². The molecule has 1 saturated carbocycles. The van der Waals surface area contributed by atoms with Crippen LogP contribution < -0.4 is 5.32 Å². The van der Waals surface area contributed by atoms with Gasteiger partial charge in [0, 0.05) is 12.4 Å². The second kappa shape index (κ2) is 9.65. The van der Waals surface area contributed by atoms with Gasteiger partial charge in [0.25, 0.3) is 0 Å². The SMILES string of the molecule is CCOC(=O)C1CCC(O)(c2cn(-c3cc(C)cc(Nc4cc(C(F)(F)F)ccn4)n3)cn2)CC1. The lowest BCUT2D eigenvalue weighted by atomic mass is 9.77. The summed E-state index contributed by atoms with van der Waals surface area (Å²) < 4.78 is 45.8. The van der Waals surface area contributed by atoms with Crippen molar-refractivity contribution >= 4 is 17.6 Å². The Morgan fingerprint density at radius 3 is 2.66 bits per heavy atom. The lowest BCUT2D eigenvalue weighted by Crippen LogP contribution is -2.34. The number of hydrogen-bond donors (Lipinski definition) is 2. The molecule has 0 atom stereocenters. The van der Waals surface area contributed by atoms with Gasteiger partial charge in [-0.15, -0.1) is 0 Å². The molecule has 186 valence electrons. The highest BCUT2D eigenvalue weighted by atomic mass is 19.4. The van der Waals surface area contributed by atoms with E-state index in [4.69, 9.17) is 4.74 Å². The zero-order chi connectivity index (χ0) is 25.2. The molecule has 11 heteroatoms. The van der Waals surface area contributed by atoms with Crippen LogP contribution in [0.25, 0.3) is 5.82 Å². The number of anilines is 2. The summed E-state index contributed by atoms with van der Waals surface area (Å²) in [4.78, 5) is 24.8. The summed E-state index contributed by atoms with van der Waals surface area (Å²) in [5.74, 6) is 0.341. The minimum Gasteiger partial charge on any atom is -0.466 e. The number of esters is 1. The largest absolute Gasteiger partial charge is 0.466 e. The van der Waals surface area contributed by atoms with E-state index in [1.165, 1.54) is 6.33 Å². The van der Waals surface area contributed by atoms with Gasteiger partial charge in [0.2, 0.25) is 0 Å². The summed E-state index contributed by atoms with van der Waals surface area (Å²) in [7, 11) is 0. The third-order valence-corrected chi connectivity index (χ3v) is 6.06. The van der Waals surface area contributed by atoms with Gasteiger partial charge in [-0.3, -0.25) is 9.36 Å². The maximum atomic E-state index is 13.0. The van der Waals surface area contributed by atoms with Crippen LogP contribution in [-0.4, -0.2) is 37.2 Å². The molecule has 0 radical (unpaired) electrons. The standard InChI is InChI=1S/C24H26F3N5O3/c1-3-35-22(33)16-4-7-23(34,8-5-16)18-13-32(14-29-18)21-11-15(2)10-20(31-21)30-19-12-17(6-9-28-19)24(25,26)27/h6,9-14,16,34H,3-5,7-8H2,1-2H3,(H,28,30,31). The summed E-state index contributed by atoms with van der Waals surface area (Å²) in [6.45, 7) is 3.92. The molecule has 0 bridgehead atoms. The number of alkyl halides is 3. The highest BCUT2D eigenvalue weighted by Gasteiger charge is 2.39. The Morgan fingerprint density at radius 2 is 1.97 bits per heavy atom. The number of nitrogens with one attached hydrogen (secondary N) is 1. The number of ether oxygens (including phenoxy) is 1. The molecule has 3 aromatic heterocycles. The molecule has 8 nitrogen and oxygen atoms in total. The highest BCUT2D eigenvalue weighted by Crippen LogP contribution is 2.39. The highest BCUT2D eigenvalue weighted by molar-refractivity contribution is 5.72. The number of nitrogens with zero attached hydrogens (tertiary/aromatic N) is 4. The van der Waals surface area contributed by atoms with E-state index in [0.29, 0.717) is 49.6 Å². The number of imidazole rings is 1. The van der Waals surface area contributed by atoms with E-state index in [1.807, 2.05) is 6.92 Å². The van der Waals surface area contributed by atoms with Gasteiger partial charge >= 0.3 is 12.1 Å². The second-order valence-corrected chi connectivity index (χ2v) is 8.66. The number of pyridine rings is 2. The van der Waals surface area contributed by atoms with Crippen LogP contribution in [-0.2, 0) is 21.3 Å². The van der Waals surface area contributed by atoms with Crippen LogP contribution in [0.3, 0.4) is 0 Å². The molecule has 2 N–H and O–H groups in total. The minimum atomic E-state index is -4.48. The molecule has 0 aliphatic heterocycles. The molecule has 0 spiro atoms. The summed E-state index contributed by atoms with van der Waals surface area (Å²) >= 11 is 0. The zero-order valence-electron chi connectivity index (χ0n) is 19.3. The Morgan fingerprint density at radius 1 is 1.23 bits per heavy atom.